The van der Waals surface area contributed by atoms with Crippen molar-refractivity contribution >= 4 is 11.8 Å². The molecule has 0 spiro atoms. The zero-order valence-electron chi connectivity index (χ0n) is 20.4. The van der Waals surface area contributed by atoms with Crippen molar-refractivity contribution in [1.82, 2.24) is 10.2 Å². The first-order valence-corrected chi connectivity index (χ1v) is 11.6. The van der Waals surface area contributed by atoms with Crippen molar-refractivity contribution in [3.05, 3.63) is 65.2 Å². The SMILES string of the molecule is CC[C@@H](C(=O)NC(C)C)N(Cc1cccc(OC)c1)C(=O)CCc1ccc(C(C)C)cc1. The van der Waals surface area contributed by atoms with Crippen molar-refractivity contribution in [1.29, 1.82) is 0 Å². The molecule has 1 N–H and O–H groups in total. The van der Waals surface area contributed by atoms with E-state index in [1.807, 2.05) is 45.0 Å². The number of amides is 2. The van der Waals surface area contributed by atoms with Crippen LogP contribution in [0.1, 0.15) is 70.1 Å². The summed E-state index contributed by atoms with van der Waals surface area (Å²) in [6.07, 6.45) is 1.56. The van der Waals surface area contributed by atoms with Gasteiger partial charge in [0.05, 0.1) is 7.11 Å². The van der Waals surface area contributed by atoms with E-state index in [0.29, 0.717) is 31.7 Å². The lowest BCUT2D eigenvalue weighted by atomic mass is 10.00. The summed E-state index contributed by atoms with van der Waals surface area (Å²) < 4.78 is 5.33. The van der Waals surface area contributed by atoms with Crippen LogP contribution in [0, 0.1) is 0 Å². The Morgan fingerprint density at radius 1 is 1.00 bits per heavy atom. The molecule has 174 valence electrons. The minimum Gasteiger partial charge on any atom is -0.497 e. The zero-order valence-corrected chi connectivity index (χ0v) is 20.4. The topological polar surface area (TPSA) is 58.6 Å². The fourth-order valence-corrected chi connectivity index (χ4v) is 3.73. The van der Waals surface area contributed by atoms with Crippen LogP contribution in [0.25, 0.3) is 0 Å². The van der Waals surface area contributed by atoms with E-state index in [1.54, 1.807) is 12.0 Å². The normalized spacial score (nSPS) is 12.0. The lowest BCUT2D eigenvalue weighted by Gasteiger charge is -2.31. The van der Waals surface area contributed by atoms with Crippen LogP contribution in [0.5, 0.6) is 5.75 Å². The third kappa shape index (κ3) is 7.40. The molecule has 0 saturated carbocycles. The minimum atomic E-state index is -0.514. The molecule has 0 bridgehead atoms. The third-order valence-electron chi connectivity index (χ3n) is 5.58. The molecule has 2 aromatic carbocycles. The molecule has 0 unspecified atom stereocenters. The summed E-state index contributed by atoms with van der Waals surface area (Å²) in [6.45, 7) is 10.5. The number of hydrogen-bond donors (Lipinski definition) is 1. The Morgan fingerprint density at radius 3 is 2.25 bits per heavy atom. The van der Waals surface area contributed by atoms with Gasteiger partial charge in [-0.3, -0.25) is 9.59 Å². The lowest BCUT2D eigenvalue weighted by Crippen LogP contribution is -2.50. The highest BCUT2D eigenvalue weighted by molar-refractivity contribution is 5.87. The van der Waals surface area contributed by atoms with Gasteiger partial charge in [-0.2, -0.15) is 0 Å². The van der Waals surface area contributed by atoms with Gasteiger partial charge in [0.25, 0.3) is 0 Å². The molecule has 0 aliphatic heterocycles. The summed E-state index contributed by atoms with van der Waals surface area (Å²) in [5.74, 6) is 1.08. The molecule has 0 aromatic heterocycles. The first kappa shape index (κ1) is 25.4. The monoisotopic (exact) mass is 438 g/mol. The van der Waals surface area contributed by atoms with Crippen molar-refractivity contribution in [3.8, 4) is 5.75 Å². The summed E-state index contributed by atoms with van der Waals surface area (Å²) in [5, 5.41) is 2.97. The number of carbonyl (C=O) groups is 2. The second kappa shape index (κ2) is 12.3. The van der Waals surface area contributed by atoms with E-state index in [9.17, 15) is 9.59 Å². The van der Waals surface area contributed by atoms with Gasteiger partial charge >= 0.3 is 0 Å². The first-order chi connectivity index (χ1) is 15.2. The van der Waals surface area contributed by atoms with Crippen LogP contribution < -0.4 is 10.1 Å². The fraction of sp³-hybridized carbons (Fsp3) is 0.481. The number of benzene rings is 2. The van der Waals surface area contributed by atoms with Crippen molar-refractivity contribution in [2.24, 2.45) is 0 Å². The van der Waals surface area contributed by atoms with Gasteiger partial charge in [0.15, 0.2) is 0 Å². The number of methoxy groups -OCH3 is 1. The Labute approximate surface area is 193 Å². The molecule has 5 heteroatoms. The molecule has 0 radical (unpaired) electrons. The summed E-state index contributed by atoms with van der Waals surface area (Å²) in [5.41, 5.74) is 3.36. The number of rotatable bonds is 11. The van der Waals surface area contributed by atoms with E-state index in [0.717, 1.165) is 16.9 Å². The van der Waals surface area contributed by atoms with Gasteiger partial charge in [0, 0.05) is 19.0 Å². The molecular weight excluding hydrogens is 400 g/mol. The molecule has 2 amide bonds. The van der Waals surface area contributed by atoms with Crippen molar-refractivity contribution in [3.63, 3.8) is 0 Å². The average Bonchev–Trinajstić information content (AvgIpc) is 2.77. The Balaban J connectivity index is 2.20. The molecule has 0 fully saturated rings. The molecule has 1 atom stereocenters. The van der Waals surface area contributed by atoms with Crippen LogP contribution in [0.2, 0.25) is 0 Å². The van der Waals surface area contributed by atoms with E-state index >= 15 is 0 Å². The maximum absolute atomic E-state index is 13.4. The minimum absolute atomic E-state index is 0.0183. The van der Waals surface area contributed by atoms with Crippen molar-refractivity contribution < 1.29 is 14.3 Å². The van der Waals surface area contributed by atoms with E-state index in [2.05, 4.69) is 43.4 Å². The van der Waals surface area contributed by atoms with Gasteiger partial charge < -0.3 is 15.0 Å². The van der Waals surface area contributed by atoms with Gasteiger partial charge in [0.1, 0.15) is 11.8 Å². The fourth-order valence-electron chi connectivity index (χ4n) is 3.73. The molecule has 0 aliphatic carbocycles. The van der Waals surface area contributed by atoms with Crippen LogP contribution in [-0.2, 0) is 22.6 Å². The van der Waals surface area contributed by atoms with Crippen LogP contribution in [-0.4, -0.2) is 35.9 Å². The van der Waals surface area contributed by atoms with Crippen LogP contribution >= 0.6 is 0 Å². The van der Waals surface area contributed by atoms with Gasteiger partial charge in [-0.1, -0.05) is 57.2 Å². The van der Waals surface area contributed by atoms with Gasteiger partial charge in [-0.05, 0) is 61.4 Å². The number of aryl methyl sites for hydroxylation is 1. The molecule has 2 rings (SSSR count). The van der Waals surface area contributed by atoms with Crippen molar-refractivity contribution in [2.75, 3.05) is 7.11 Å². The largest absolute Gasteiger partial charge is 0.497 e. The lowest BCUT2D eigenvalue weighted by molar-refractivity contribution is -0.141. The summed E-state index contributed by atoms with van der Waals surface area (Å²) >= 11 is 0. The highest BCUT2D eigenvalue weighted by Crippen LogP contribution is 2.20. The Bertz CT molecular complexity index is 875. The van der Waals surface area contributed by atoms with Crippen LogP contribution in [0.15, 0.2) is 48.5 Å². The summed E-state index contributed by atoms with van der Waals surface area (Å²) in [4.78, 5) is 28.0. The number of hydrogen-bond acceptors (Lipinski definition) is 3. The quantitative estimate of drug-likeness (QED) is 0.532. The predicted octanol–water partition coefficient (Wildman–Crippen LogP) is 5.08. The smallest absolute Gasteiger partial charge is 0.243 e. The Hall–Kier alpha value is -2.82. The first-order valence-electron chi connectivity index (χ1n) is 11.6. The molecular formula is C27H38N2O3. The van der Waals surface area contributed by atoms with Crippen LogP contribution in [0.4, 0.5) is 0 Å². The molecule has 5 nitrogen and oxygen atoms in total. The molecule has 32 heavy (non-hydrogen) atoms. The third-order valence-corrected chi connectivity index (χ3v) is 5.58. The van der Waals surface area contributed by atoms with Crippen LogP contribution in [0.3, 0.4) is 0 Å². The molecule has 0 aliphatic rings. The van der Waals surface area contributed by atoms with E-state index in [4.69, 9.17) is 4.74 Å². The Kier molecular flexibility index (Phi) is 9.76. The maximum Gasteiger partial charge on any atom is 0.243 e. The van der Waals surface area contributed by atoms with E-state index < -0.39 is 6.04 Å². The Morgan fingerprint density at radius 2 is 1.69 bits per heavy atom. The molecule has 0 heterocycles. The number of ether oxygens (including phenoxy) is 1. The second-order valence-corrected chi connectivity index (χ2v) is 8.86. The number of nitrogens with zero attached hydrogens (tertiary/aromatic N) is 1. The summed E-state index contributed by atoms with van der Waals surface area (Å²) in [7, 11) is 1.62. The van der Waals surface area contributed by atoms with E-state index in [-0.39, 0.29) is 17.9 Å². The average molecular weight is 439 g/mol. The summed E-state index contributed by atoms with van der Waals surface area (Å²) in [6, 6.07) is 15.6. The van der Waals surface area contributed by atoms with Crippen molar-refractivity contribution in [2.45, 2.75) is 78.4 Å². The number of nitrogens with one attached hydrogen (secondary N) is 1. The zero-order chi connectivity index (χ0) is 23.7. The van der Waals surface area contributed by atoms with Gasteiger partial charge in [-0.15, -0.1) is 0 Å². The van der Waals surface area contributed by atoms with Gasteiger partial charge in [0.2, 0.25) is 11.8 Å². The standard InChI is InChI=1S/C27H38N2O3/c1-7-25(27(31)28-20(4)5)29(18-22-9-8-10-24(17-22)32-6)26(30)16-13-21-11-14-23(15-12-21)19(2)3/h8-12,14-15,17,19-20,25H,7,13,16,18H2,1-6H3,(H,28,31)/t25-/m0/s1. The molecule has 0 saturated heterocycles. The van der Waals surface area contributed by atoms with Gasteiger partial charge in [-0.25, -0.2) is 0 Å². The highest BCUT2D eigenvalue weighted by Gasteiger charge is 2.28. The molecule has 2 aromatic rings. The highest BCUT2D eigenvalue weighted by atomic mass is 16.5. The van der Waals surface area contributed by atoms with E-state index in [1.165, 1.54) is 5.56 Å². The predicted molar refractivity (Wildman–Crippen MR) is 130 cm³/mol. The number of carbonyl (C=O) groups excluding carboxylic acids is 2. The second-order valence-electron chi connectivity index (χ2n) is 8.86. The maximum atomic E-state index is 13.4.